The predicted octanol–water partition coefficient (Wildman–Crippen LogP) is 2.64. The Morgan fingerprint density at radius 1 is 1.36 bits per heavy atom. The molecule has 0 aromatic heterocycles. The summed E-state index contributed by atoms with van der Waals surface area (Å²) < 4.78 is 11.1. The van der Waals surface area contributed by atoms with Crippen LogP contribution < -0.4 is 0 Å². The summed E-state index contributed by atoms with van der Waals surface area (Å²) in [6.45, 7) is 5.23. The maximum atomic E-state index is 13.2. The number of nitrogens with zero attached hydrogens (tertiary/aromatic N) is 1. The number of benzene rings is 1. The van der Waals surface area contributed by atoms with Crippen molar-refractivity contribution >= 4 is 17.5 Å². The highest BCUT2D eigenvalue weighted by Crippen LogP contribution is 2.41. The lowest BCUT2D eigenvalue weighted by Crippen LogP contribution is -2.61. The third-order valence-corrected chi connectivity index (χ3v) is 5.01. The number of rotatable bonds is 4. The highest BCUT2D eigenvalue weighted by Gasteiger charge is 2.47. The number of carbonyl (C=O) groups excluding carboxylic acids is 1. The number of amides is 1. The van der Waals surface area contributed by atoms with Gasteiger partial charge in [0.25, 0.3) is 0 Å². The minimum atomic E-state index is -0.548. The third-order valence-electron chi connectivity index (χ3n) is 4.68. The molecule has 120 valence electrons. The van der Waals surface area contributed by atoms with Gasteiger partial charge in [-0.2, -0.15) is 0 Å². The van der Waals surface area contributed by atoms with Crippen LogP contribution in [0.25, 0.3) is 0 Å². The van der Waals surface area contributed by atoms with Gasteiger partial charge in [-0.3, -0.25) is 4.79 Å². The Bertz CT molecular complexity index is 536. The molecule has 1 aromatic carbocycles. The van der Waals surface area contributed by atoms with Crippen molar-refractivity contribution in [3.8, 4) is 0 Å². The first-order valence-electron chi connectivity index (χ1n) is 7.91. The Labute approximate surface area is 136 Å². The van der Waals surface area contributed by atoms with Crippen LogP contribution in [0.4, 0.5) is 0 Å². The van der Waals surface area contributed by atoms with Gasteiger partial charge < -0.3 is 14.4 Å². The molecule has 0 radical (unpaired) electrons. The van der Waals surface area contributed by atoms with Crippen LogP contribution in [0, 0.1) is 0 Å². The minimum Gasteiger partial charge on any atom is -0.381 e. The quantitative estimate of drug-likeness (QED) is 0.855. The van der Waals surface area contributed by atoms with E-state index in [0.29, 0.717) is 50.8 Å². The van der Waals surface area contributed by atoms with E-state index in [2.05, 4.69) is 0 Å². The van der Waals surface area contributed by atoms with Crippen LogP contribution in [0.1, 0.15) is 25.3 Å². The van der Waals surface area contributed by atoms with Crippen LogP contribution in [0.15, 0.2) is 24.3 Å². The average Bonchev–Trinajstić information content (AvgIpc) is 2.51. The maximum Gasteiger partial charge on any atom is 0.233 e. The molecule has 2 saturated heterocycles. The van der Waals surface area contributed by atoms with Crippen LogP contribution in [0.2, 0.25) is 5.02 Å². The fourth-order valence-electron chi connectivity index (χ4n) is 3.42. The van der Waals surface area contributed by atoms with Crippen molar-refractivity contribution in [2.24, 2.45) is 0 Å². The summed E-state index contributed by atoms with van der Waals surface area (Å²) in [5, 5.41) is 0.666. The smallest absolute Gasteiger partial charge is 0.233 e. The van der Waals surface area contributed by atoms with E-state index in [0.717, 1.165) is 5.56 Å². The molecule has 0 spiro atoms. The largest absolute Gasteiger partial charge is 0.381 e. The van der Waals surface area contributed by atoms with Crippen molar-refractivity contribution in [1.29, 1.82) is 0 Å². The maximum absolute atomic E-state index is 13.2. The summed E-state index contributed by atoms with van der Waals surface area (Å²) >= 11 is 6.40. The zero-order chi connectivity index (χ0) is 15.6. The van der Waals surface area contributed by atoms with Crippen molar-refractivity contribution in [2.75, 3.05) is 32.9 Å². The molecule has 22 heavy (non-hydrogen) atoms. The molecule has 0 N–H and O–H groups in total. The zero-order valence-corrected chi connectivity index (χ0v) is 13.6. The van der Waals surface area contributed by atoms with Gasteiger partial charge in [-0.05, 0) is 31.4 Å². The first-order chi connectivity index (χ1) is 10.7. The van der Waals surface area contributed by atoms with Crippen molar-refractivity contribution in [1.82, 2.24) is 4.90 Å². The predicted molar refractivity (Wildman–Crippen MR) is 85.2 cm³/mol. The second-order valence-corrected chi connectivity index (χ2v) is 6.37. The van der Waals surface area contributed by atoms with Crippen molar-refractivity contribution in [3.63, 3.8) is 0 Å². The Kier molecular flexibility index (Phi) is 4.71. The van der Waals surface area contributed by atoms with Gasteiger partial charge in [-0.15, -0.1) is 0 Å². The van der Waals surface area contributed by atoms with E-state index < -0.39 is 5.41 Å². The van der Waals surface area contributed by atoms with Gasteiger partial charge >= 0.3 is 0 Å². The molecule has 2 fully saturated rings. The molecule has 1 aromatic rings. The van der Waals surface area contributed by atoms with E-state index in [-0.39, 0.29) is 12.0 Å². The molecule has 4 nitrogen and oxygen atoms in total. The van der Waals surface area contributed by atoms with Crippen molar-refractivity contribution in [3.05, 3.63) is 34.9 Å². The number of likely N-dealkylation sites (tertiary alicyclic amines) is 1. The van der Waals surface area contributed by atoms with E-state index in [1.165, 1.54) is 0 Å². The number of halogens is 1. The Balaban J connectivity index is 1.84. The Morgan fingerprint density at radius 3 is 2.68 bits per heavy atom. The summed E-state index contributed by atoms with van der Waals surface area (Å²) in [5.41, 5.74) is 0.387. The highest BCUT2D eigenvalue weighted by atomic mass is 35.5. The average molecular weight is 324 g/mol. The molecule has 1 amide bonds. The molecule has 5 heteroatoms. The molecule has 2 heterocycles. The van der Waals surface area contributed by atoms with Crippen molar-refractivity contribution < 1.29 is 14.3 Å². The van der Waals surface area contributed by atoms with Crippen molar-refractivity contribution in [2.45, 2.75) is 31.3 Å². The van der Waals surface area contributed by atoms with Crippen LogP contribution >= 0.6 is 11.6 Å². The third kappa shape index (κ3) is 2.75. The molecule has 3 rings (SSSR count). The lowest BCUT2D eigenvalue weighted by atomic mass is 9.72. The summed E-state index contributed by atoms with van der Waals surface area (Å²) in [5.74, 6) is 0.167. The van der Waals surface area contributed by atoms with Crippen LogP contribution in [0.3, 0.4) is 0 Å². The molecule has 0 aliphatic carbocycles. The molecular formula is C17H22ClNO3. The normalized spacial score (nSPS) is 21.5. The number of carbonyl (C=O) groups is 1. The van der Waals surface area contributed by atoms with Gasteiger partial charge in [0.15, 0.2) is 0 Å². The highest BCUT2D eigenvalue weighted by molar-refractivity contribution is 6.31. The molecule has 2 aliphatic rings. The fourth-order valence-corrected chi connectivity index (χ4v) is 3.73. The number of ether oxygens (including phenoxy) is 2. The fraction of sp³-hybridized carbons (Fsp3) is 0.588. The number of hydrogen-bond acceptors (Lipinski definition) is 3. The monoisotopic (exact) mass is 323 g/mol. The zero-order valence-electron chi connectivity index (χ0n) is 12.9. The summed E-state index contributed by atoms with van der Waals surface area (Å²) in [6, 6.07) is 7.69. The first-order valence-corrected chi connectivity index (χ1v) is 8.29. The molecular weight excluding hydrogens is 302 g/mol. The second kappa shape index (κ2) is 6.57. The molecule has 0 atom stereocenters. The van der Waals surface area contributed by atoms with E-state index in [1.807, 2.05) is 36.1 Å². The SMILES string of the molecule is CCOC1CN(C(=O)C2(c3ccccc3Cl)CCOCC2)C1. The molecule has 0 bridgehead atoms. The van der Waals surface area contributed by atoms with Gasteiger partial charge in [-0.25, -0.2) is 0 Å². The Morgan fingerprint density at radius 2 is 2.05 bits per heavy atom. The van der Waals surface area contributed by atoms with Gasteiger partial charge in [0.2, 0.25) is 5.91 Å². The van der Waals surface area contributed by atoms with E-state index in [4.69, 9.17) is 21.1 Å². The van der Waals surface area contributed by atoms with Gasteiger partial charge in [0.05, 0.1) is 11.5 Å². The topological polar surface area (TPSA) is 38.8 Å². The summed E-state index contributed by atoms with van der Waals surface area (Å²) in [4.78, 5) is 15.1. The van der Waals surface area contributed by atoms with E-state index in [1.54, 1.807) is 0 Å². The van der Waals surface area contributed by atoms with Gasteiger partial charge in [0, 0.05) is 37.9 Å². The first kappa shape index (κ1) is 15.8. The summed E-state index contributed by atoms with van der Waals surface area (Å²) in [7, 11) is 0. The minimum absolute atomic E-state index is 0.167. The van der Waals surface area contributed by atoms with E-state index in [9.17, 15) is 4.79 Å². The molecule has 0 unspecified atom stereocenters. The Hall–Kier alpha value is -1.10. The molecule has 0 saturated carbocycles. The standard InChI is InChI=1S/C17H22ClNO3/c1-2-22-13-11-19(12-13)16(20)17(7-9-21-10-8-17)14-5-3-4-6-15(14)18/h3-6,13H,2,7-12H2,1H3. The lowest BCUT2D eigenvalue weighted by molar-refractivity contribution is -0.154. The van der Waals surface area contributed by atoms with E-state index >= 15 is 0 Å². The van der Waals surface area contributed by atoms with Crippen LogP contribution in [0.5, 0.6) is 0 Å². The van der Waals surface area contributed by atoms with Gasteiger partial charge in [0.1, 0.15) is 0 Å². The second-order valence-electron chi connectivity index (χ2n) is 5.96. The van der Waals surface area contributed by atoms with Gasteiger partial charge in [-0.1, -0.05) is 29.8 Å². The molecule has 2 aliphatic heterocycles. The summed E-state index contributed by atoms with van der Waals surface area (Å²) in [6.07, 6.45) is 1.55. The van der Waals surface area contributed by atoms with Crippen LogP contribution in [-0.2, 0) is 19.7 Å². The number of hydrogen-bond donors (Lipinski definition) is 0. The van der Waals surface area contributed by atoms with Crippen LogP contribution in [-0.4, -0.2) is 49.8 Å². The lowest BCUT2D eigenvalue weighted by Gasteiger charge is -2.46.